The van der Waals surface area contributed by atoms with E-state index in [1.165, 1.54) is 25.5 Å². The molecule has 1 saturated carbocycles. The van der Waals surface area contributed by atoms with Crippen molar-refractivity contribution < 1.29 is 8.42 Å². The first kappa shape index (κ1) is 13.9. The summed E-state index contributed by atoms with van der Waals surface area (Å²) >= 11 is 0. The maximum absolute atomic E-state index is 11.1. The van der Waals surface area contributed by atoms with E-state index in [2.05, 4.69) is 10.2 Å². The van der Waals surface area contributed by atoms with Crippen LogP contribution < -0.4 is 5.32 Å². The Morgan fingerprint density at radius 2 is 2.06 bits per heavy atom. The van der Waals surface area contributed by atoms with Gasteiger partial charge in [-0.1, -0.05) is 6.42 Å². The standard InChI is InChI=1S/C11H24N2O2S/c1-12-10-5-4-6-11(9-10)13(2)7-8-16(3,14)15/h10-12H,4-9H2,1-3H3. The van der Waals surface area contributed by atoms with E-state index >= 15 is 0 Å². The van der Waals surface area contributed by atoms with Crippen molar-refractivity contribution >= 4 is 9.84 Å². The quantitative estimate of drug-likeness (QED) is 0.769. The predicted octanol–water partition coefficient (Wildman–Crippen LogP) is 0.493. The zero-order valence-electron chi connectivity index (χ0n) is 10.6. The highest BCUT2D eigenvalue weighted by Crippen LogP contribution is 2.21. The van der Waals surface area contributed by atoms with Crippen LogP contribution in [0, 0.1) is 0 Å². The van der Waals surface area contributed by atoms with Gasteiger partial charge in [-0.15, -0.1) is 0 Å². The number of hydrogen-bond acceptors (Lipinski definition) is 4. The van der Waals surface area contributed by atoms with E-state index in [1.54, 1.807) is 0 Å². The van der Waals surface area contributed by atoms with Gasteiger partial charge in [0.1, 0.15) is 9.84 Å². The van der Waals surface area contributed by atoms with Crippen molar-refractivity contribution in [3.8, 4) is 0 Å². The molecule has 0 aromatic rings. The second kappa shape index (κ2) is 5.98. The number of nitrogens with one attached hydrogen (secondary N) is 1. The van der Waals surface area contributed by atoms with Gasteiger partial charge in [-0.3, -0.25) is 0 Å². The van der Waals surface area contributed by atoms with Gasteiger partial charge in [0.15, 0.2) is 0 Å². The number of hydrogen-bond donors (Lipinski definition) is 1. The van der Waals surface area contributed by atoms with Gasteiger partial charge < -0.3 is 10.2 Å². The van der Waals surface area contributed by atoms with Crippen molar-refractivity contribution in [2.45, 2.75) is 37.8 Å². The largest absolute Gasteiger partial charge is 0.317 e. The molecule has 0 aromatic heterocycles. The fourth-order valence-electron chi connectivity index (χ4n) is 2.32. The average Bonchev–Trinajstić information content (AvgIpc) is 2.25. The fourth-order valence-corrected chi connectivity index (χ4v) is 2.94. The summed E-state index contributed by atoms with van der Waals surface area (Å²) < 4.78 is 22.2. The van der Waals surface area contributed by atoms with Crippen LogP contribution in [0.1, 0.15) is 25.7 Å². The van der Waals surface area contributed by atoms with E-state index in [-0.39, 0.29) is 5.75 Å². The van der Waals surface area contributed by atoms with Gasteiger partial charge in [-0.05, 0) is 33.4 Å². The van der Waals surface area contributed by atoms with Crippen LogP contribution in [0.3, 0.4) is 0 Å². The molecule has 0 spiro atoms. The molecule has 0 saturated heterocycles. The lowest BCUT2D eigenvalue weighted by molar-refractivity contribution is 0.180. The van der Waals surface area contributed by atoms with Gasteiger partial charge in [-0.2, -0.15) is 0 Å². The van der Waals surface area contributed by atoms with Crippen LogP contribution in [0.15, 0.2) is 0 Å². The molecule has 0 radical (unpaired) electrons. The van der Waals surface area contributed by atoms with Crippen molar-refractivity contribution in [3.05, 3.63) is 0 Å². The summed E-state index contributed by atoms with van der Waals surface area (Å²) in [7, 11) is 1.20. The number of rotatable bonds is 5. The van der Waals surface area contributed by atoms with Crippen LogP contribution in [0.4, 0.5) is 0 Å². The molecule has 96 valence electrons. The Morgan fingerprint density at radius 1 is 1.38 bits per heavy atom. The normalized spacial score (nSPS) is 27.2. The van der Waals surface area contributed by atoms with E-state index in [4.69, 9.17) is 0 Å². The lowest BCUT2D eigenvalue weighted by atomic mass is 9.90. The minimum absolute atomic E-state index is 0.268. The highest BCUT2D eigenvalue weighted by atomic mass is 32.2. The molecule has 4 nitrogen and oxygen atoms in total. The van der Waals surface area contributed by atoms with Gasteiger partial charge in [-0.25, -0.2) is 8.42 Å². The summed E-state index contributed by atoms with van der Waals surface area (Å²) in [5.74, 6) is 0.268. The maximum Gasteiger partial charge on any atom is 0.148 e. The molecule has 1 N–H and O–H groups in total. The molecule has 0 amide bonds. The van der Waals surface area contributed by atoms with E-state index in [0.717, 1.165) is 6.42 Å². The van der Waals surface area contributed by atoms with Crippen LogP contribution >= 0.6 is 0 Å². The Kier molecular flexibility index (Phi) is 5.21. The monoisotopic (exact) mass is 248 g/mol. The Morgan fingerprint density at radius 3 is 2.62 bits per heavy atom. The molecule has 16 heavy (non-hydrogen) atoms. The third kappa shape index (κ3) is 4.80. The summed E-state index contributed by atoms with van der Waals surface area (Å²) in [6, 6.07) is 1.13. The third-order valence-corrected chi connectivity index (χ3v) is 4.42. The molecule has 0 aliphatic heterocycles. The van der Waals surface area contributed by atoms with Gasteiger partial charge in [0.25, 0.3) is 0 Å². The second-order valence-corrected chi connectivity index (χ2v) is 7.18. The van der Waals surface area contributed by atoms with Crippen LogP contribution in [0.2, 0.25) is 0 Å². The van der Waals surface area contributed by atoms with Crippen LogP contribution in [0.5, 0.6) is 0 Å². The Hall–Kier alpha value is -0.130. The molecular formula is C11H24N2O2S. The molecule has 1 fully saturated rings. The molecule has 1 aliphatic rings. The average molecular weight is 248 g/mol. The summed E-state index contributed by atoms with van der Waals surface area (Å²) in [5, 5.41) is 3.32. The first-order chi connectivity index (χ1) is 7.42. The highest BCUT2D eigenvalue weighted by molar-refractivity contribution is 7.90. The Balaban J connectivity index is 2.38. The highest BCUT2D eigenvalue weighted by Gasteiger charge is 2.24. The van der Waals surface area contributed by atoms with Crippen LogP contribution in [-0.4, -0.2) is 58.1 Å². The van der Waals surface area contributed by atoms with Crippen molar-refractivity contribution in [2.24, 2.45) is 0 Å². The summed E-state index contributed by atoms with van der Waals surface area (Å²) in [6.45, 7) is 0.653. The summed E-state index contributed by atoms with van der Waals surface area (Å²) in [4.78, 5) is 2.20. The SMILES string of the molecule is CNC1CCCC(N(C)CCS(C)(=O)=O)C1. The van der Waals surface area contributed by atoms with Crippen LogP contribution in [0.25, 0.3) is 0 Å². The lowest BCUT2D eigenvalue weighted by Gasteiger charge is -2.35. The second-order valence-electron chi connectivity index (χ2n) is 4.92. The lowest BCUT2D eigenvalue weighted by Crippen LogP contribution is -2.43. The van der Waals surface area contributed by atoms with Crippen molar-refractivity contribution in [1.82, 2.24) is 10.2 Å². The van der Waals surface area contributed by atoms with Gasteiger partial charge in [0, 0.05) is 24.9 Å². The number of sulfone groups is 1. The molecule has 0 heterocycles. The van der Waals surface area contributed by atoms with Crippen molar-refractivity contribution in [2.75, 3.05) is 32.6 Å². The van der Waals surface area contributed by atoms with E-state index in [9.17, 15) is 8.42 Å². The first-order valence-corrected chi connectivity index (χ1v) is 8.03. The van der Waals surface area contributed by atoms with Gasteiger partial charge in [0.05, 0.1) is 5.75 Å². The maximum atomic E-state index is 11.1. The smallest absolute Gasteiger partial charge is 0.148 e. The zero-order chi connectivity index (χ0) is 12.2. The topological polar surface area (TPSA) is 49.4 Å². The summed E-state index contributed by atoms with van der Waals surface area (Å²) in [5.41, 5.74) is 0. The molecule has 1 aliphatic carbocycles. The molecular weight excluding hydrogens is 224 g/mol. The first-order valence-electron chi connectivity index (χ1n) is 5.97. The predicted molar refractivity (Wildman–Crippen MR) is 67.4 cm³/mol. The third-order valence-electron chi connectivity index (χ3n) is 3.49. The molecule has 0 aromatic carbocycles. The number of nitrogens with zero attached hydrogens (tertiary/aromatic N) is 1. The fraction of sp³-hybridized carbons (Fsp3) is 1.00. The van der Waals surface area contributed by atoms with E-state index in [1.807, 2.05) is 14.1 Å². The molecule has 2 atom stereocenters. The Bertz CT molecular complexity index is 303. The summed E-state index contributed by atoms with van der Waals surface area (Å²) in [6.07, 6.45) is 6.11. The van der Waals surface area contributed by atoms with Crippen molar-refractivity contribution in [3.63, 3.8) is 0 Å². The van der Waals surface area contributed by atoms with Crippen LogP contribution in [-0.2, 0) is 9.84 Å². The van der Waals surface area contributed by atoms with Crippen molar-refractivity contribution in [1.29, 1.82) is 0 Å². The minimum Gasteiger partial charge on any atom is -0.317 e. The van der Waals surface area contributed by atoms with E-state index in [0.29, 0.717) is 18.6 Å². The molecule has 2 unspecified atom stereocenters. The molecule has 1 rings (SSSR count). The zero-order valence-corrected chi connectivity index (χ0v) is 11.4. The minimum atomic E-state index is -2.83. The van der Waals surface area contributed by atoms with Gasteiger partial charge in [0.2, 0.25) is 0 Å². The van der Waals surface area contributed by atoms with Gasteiger partial charge >= 0.3 is 0 Å². The molecule has 5 heteroatoms. The van der Waals surface area contributed by atoms with E-state index < -0.39 is 9.84 Å². The molecule has 0 bridgehead atoms. The Labute approximate surface area is 99.3 Å².